The van der Waals surface area contributed by atoms with Crippen LogP contribution in [0, 0.1) is 5.92 Å². The van der Waals surface area contributed by atoms with Gasteiger partial charge in [-0.25, -0.2) is 0 Å². The van der Waals surface area contributed by atoms with E-state index in [1.165, 1.54) is 0 Å². The van der Waals surface area contributed by atoms with Crippen molar-refractivity contribution in [1.82, 2.24) is 9.80 Å². The molecule has 2 rings (SSSR count). The van der Waals surface area contributed by atoms with Gasteiger partial charge in [-0.05, 0) is 6.42 Å². The molecule has 0 bridgehead atoms. The van der Waals surface area contributed by atoms with Gasteiger partial charge in [-0.15, -0.1) is 0 Å². The topological polar surface area (TPSA) is 40.6 Å². The van der Waals surface area contributed by atoms with Gasteiger partial charge >= 0.3 is 0 Å². The summed E-state index contributed by atoms with van der Waals surface area (Å²) in [6, 6.07) is 19.2. The maximum absolute atomic E-state index is 13.1. The van der Waals surface area contributed by atoms with Crippen molar-refractivity contribution in [3.63, 3.8) is 0 Å². The number of nitrogens with zero attached hydrogens (tertiary/aromatic N) is 2. The van der Waals surface area contributed by atoms with Gasteiger partial charge in [0.15, 0.2) is 11.6 Å². The quantitative estimate of drug-likeness (QED) is 0.367. The summed E-state index contributed by atoms with van der Waals surface area (Å²) >= 11 is 11.0. The predicted molar refractivity (Wildman–Crippen MR) is 135 cm³/mol. The van der Waals surface area contributed by atoms with Crippen LogP contribution in [0.4, 0.5) is 0 Å². The highest BCUT2D eigenvalue weighted by atomic mass is 32.1. The van der Waals surface area contributed by atoms with Crippen LogP contribution in [0.15, 0.2) is 60.7 Å². The molecule has 0 aliphatic carbocycles. The molecule has 0 amide bonds. The Balaban J connectivity index is 2.05. The van der Waals surface area contributed by atoms with Crippen molar-refractivity contribution in [1.29, 1.82) is 0 Å². The van der Waals surface area contributed by atoms with Gasteiger partial charge in [0, 0.05) is 25.2 Å². The summed E-state index contributed by atoms with van der Waals surface area (Å²) < 4.78 is 0. The molecule has 6 heteroatoms. The van der Waals surface area contributed by atoms with E-state index in [1.807, 2.05) is 60.7 Å². The Morgan fingerprint density at radius 1 is 0.774 bits per heavy atom. The van der Waals surface area contributed by atoms with Gasteiger partial charge in [-0.2, -0.15) is 0 Å². The predicted octanol–water partition coefficient (Wildman–Crippen LogP) is 4.55. The zero-order valence-electron chi connectivity index (χ0n) is 18.4. The Morgan fingerprint density at radius 2 is 1.16 bits per heavy atom. The highest BCUT2D eigenvalue weighted by Crippen LogP contribution is 2.15. The summed E-state index contributed by atoms with van der Waals surface area (Å²) in [7, 11) is 3.59. The molecular formula is C25H30N2O2S2. The zero-order chi connectivity index (χ0) is 22.8. The summed E-state index contributed by atoms with van der Waals surface area (Å²) in [4.78, 5) is 30.9. The van der Waals surface area contributed by atoms with Crippen LogP contribution < -0.4 is 0 Å². The first-order valence-corrected chi connectivity index (χ1v) is 11.3. The van der Waals surface area contributed by atoms with Crippen LogP contribution in [-0.4, -0.2) is 58.5 Å². The van der Waals surface area contributed by atoms with E-state index in [2.05, 4.69) is 6.92 Å². The average Bonchev–Trinajstić information content (AvgIpc) is 2.79. The number of Topliss-reactive ketones (excluding diaryl/α,β-unsaturated/α-hetero) is 2. The van der Waals surface area contributed by atoms with Crippen molar-refractivity contribution in [2.45, 2.75) is 26.2 Å². The van der Waals surface area contributed by atoms with Crippen LogP contribution >= 0.6 is 24.4 Å². The van der Waals surface area contributed by atoms with Crippen molar-refractivity contribution in [3.05, 3.63) is 71.8 Å². The number of thiocarbonyl (C=S) groups is 2. The number of hydrogen-bond acceptors (Lipinski definition) is 4. The molecule has 0 saturated carbocycles. The minimum atomic E-state index is -0.651. The first-order chi connectivity index (χ1) is 14.8. The molecule has 0 aliphatic heterocycles. The minimum absolute atomic E-state index is 0.0988. The molecule has 2 aromatic rings. The zero-order valence-corrected chi connectivity index (χ0v) is 20.0. The van der Waals surface area contributed by atoms with Crippen molar-refractivity contribution in [2.75, 3.05) is 27.2 Å². The Kier molecular flexibility index (Phi) is 9.95. The lowest BCUT2D eigenvalue weighted by Crippen LogP contribution is -2.41. The molecule has 0 atom stereocenters. The molecule has 0 aromatic heterocycles. The molecule has 0 unspecified atom stereocenters. The second kappa shape index (κ2) is 12.4. The molecule has 164 valence electrons. The lowest BCUT2D eigenvalue weighted by molar-refractivity contribution is -0.133. The molecule has 0 saturated heterocycles. The van der Waals surface area contributed by atoms with Crippen LogP contribution in [0.1, 0.15) is 37.3 Å². The number of carbonyl (C=O) groups is 2. The van der Waals surface area contributed by atoms with Crippen molar-refractivity contribution in [2.24, 2.45) is 5.92 Å². The van der Waals surface area contributed by atoms with E-state index >= 15 is 0 Å². The molecule has 0 aliphatic rings. The third-order valence-electron chi connectivity index (χ3n) is 5.14. The third kappa shape index (κ3) is 7.33. The second-order valence-corrected chi connectivity index (χ2v) is 8.46. The Hall–Kier alpha value is -2.44. The molecule has 31 heavy (non-hydrogen) atoms. The minimum Gasteiger partial charge on any atom is -0.358 e. The summed E-state index contributed by atoms with van der Waals surface area (Å²) in [5, 5.41) is 0. The highest BCUT2D eigenvalue weighted by molar-refractivity contribution is 7.80. The molecule has 0 N–H and O–H groups in total. The molecule has 0 heterocycles. The van der Waals surface area contributed by atoms with Crippen LogP contribution in [0.3, 0.4) is 0 Å². The SMILES string of the molecule is CCCCC(C(=O)CN(C)C(=S)c1ccccc1)C(=O)CN(C)C(=S)c1ccccc1. The largest absolute Gasteiger partial charge is 0.358 e. The number of carbonyl (C=O) groups excluding carboxylic acids is 2. The molecule has 4 nitrogen and oxygen atoms in total. The Labute approximate surface area is 196 Å². The van der Waals surface area contributed by atoms with Crippen LogP contribution in [0.25, 0.3) is 0 Å². The first-order valence-electron chi connectivity index (χ1n) is 10.5. The van der Waals surface area contributed by atoms with Crippen molar-refractivity contribution in [3.8, 4) is 0 Å². The fraction of sp³-hybridized carbons (Fsp3) is 0.360. The fourth-order valence-corrected chi connectivity index (χ4v) is 3.74. The number of rotatable bonds is 11. The highest BCUT2D eigenvalue weighted by Gasteiger charge is 2.28. The van der Waals surface area contributed by atoms with E-state index in [0.717, 1.165) is 24.0 Å². The van der Waals surface area contributed by atoms with Crippen molar-refractivity contribution >= 4 is 46.0 Å². The summed E-state index contributed by atoms with van der Waals surface area (Å²) in [6.07, 6.45) is 2.29. The number of hydrogen-bond donors (Lipinski definition) is 0. The molecule has 0 spiro atoms. The lowest BCUT2D eigenvalue weighted by atomic mass is 9.92. The third-order valence-corrected chi connectivity index (χ3v) is 6.24. The number of ketones is 2. The van der Waals surface area contributed by atoms with E-state index in [0.29, 0.717) is 16.4 Å². The maximum Gasteiger partial charge on any atom is 0.162 e. The monoisotopic (exact) mass is 454 g/mol. The maximum atomic E-state index is 13.1. The van der Waals surface area contributed by atoms with E-state index in [-0.39, 0.29) is 24.7 Å². The van der Waals surface area contributed by atoms with E-state index in [1.54, 1.807) is 23.9 Å². The van der Waals surface area contributed by atoms with E-state index < -0.39 is 5.92 Å². The van der Waals surface area contributed by atoms with Gasteiger partial charge in [0.05, 0.1) is 19.0 Å². The molecule has 0 radical (unpaired) electrons. The van der Waals surface area contributed by atoms with E-state index in [4.69, 9.17) is 24.4 Å². The number of benzene rings is 2. The van der Waals surface area contributed by atoms with Crippen molar-refractivity contribution < 1.29 is 9.59 Å². The van der Waals surface area contributed by atoms with Gasteiger partial charge in [0.1, 0.15) is 9.98 Å². The Bertz CT molecular complexity index is 829. The van der Waals surface area contributed by atoms with Gasteiger partial charge in [-0.3, -0.25) is 9.59 Å². The smallest absolute Gasteiger partial charge is 0.162 e. The lowest BCUT2D eigenvalue weighted by Gasteiger charge is -2.25. The Morgan fingerprint density at radius 3 is 1.52 bits per heavy atom. The molecular weight excluding hydrogens is 424 g/mol. The summed E-state index contributed by atoms with van der Waals surface area (Å²) in [5.74, 6) is -0.849. The van der Waals surface area contributed by atoms with Gasteiger partial charge in [0.2, 0.25) is 0 Å². The standard InChI is InChI=1S/C25H30N2O2S2/c1-4-5-16-21(22(28)17-26(2)24(30)19-12-8-6-9-13-19)23(29)18-27(3)25(31)20-14-10-7-11-15-20/h6-15,21H,4-5,16-18H2,1-3H3. The number of unbranched alkanes of at least 4 members (excludes halogenated alkanes) is 1. The van der Waals surface area contributed by atoms with Crippen LogP contribution in [0.5, 0.6) is 0 Å². The normalized spacial score (nSPS) is 10.6. The van der Waals surface area contributed by atoms with Crippen LogP contribution in [-0.2, 0) is 9.59 Å². The average molecular weight is 455 g/mol. The second-order valence-electron chi connectivity index (χ2n) is 7.68. The number of likely N-dealkylation sites (N-methyl/N-ethyl adjacent to an activating group) is 2. The summed E-state index contributed by atoms with van der Waals surface area (Å²) in [5.41, 5.74) is 1.77. The summed E-state index contributed by atoms with van der Waals surface area (Å²) in [6.45, 7) is 2.28. The van der Waals surface area contributed by atoms with Gasteiger partial charge in [0.25, 0.3) is 0 Å². The molecule has 2 aromatic carbocycles. The molecule has 0 fully saturated rings. The fourth-order valence-electron chi connectivity index (χ4n) is 3.34. The van der Waals surface area contributed by atoms with Gasteiger partial charge < -0.3 is 9.80 Å². The van der Waals surface area contributed by atoms with Crippen LogP contribution in [0.2, 0.25) is 0 Å². The van der Waals surface area contributed by atoms with Gasteiger partial charge in [-0.1, -0.05) is 105 Å². The first kappa shape index (κ1) is 24.8. The van der Waals surface area contributed by atoms with E-state index in [9.17, 15) is 9.59 Å².